The van der Waals surface area contributed by atoms with Crippen molar-refractivity contribution in [2.45, 2.75) is 20.8 Å². The number of rotatable bonds is 5. The van der Waals surface area contributed by atoms with Crippen LogP contribution in [0.4, 0.5) is 23.5 Å². The molecule has 6 nitrogen and oxygen atoms in total. The number of aryl methyl sites for hydroxylation is 1. The fraction of sp³-hybridized carbons (Fsp3) is 0.400. The van der Waals surface area contributed by atoms with E-state index in [-0.39, 0.29) is 5.95 Å². The smallest absolute Gasteiger partial charge is 0.236 e. The summed E-state index contributed by atoms with van der Waals surface area (Å²) < 4.78 is 0. The highest BCUT2D eigenvalue weighted by Crippen LogP contribution is 2.25. The molecule has 0 aliphatic carbocycles. The Hall–Kier alpha value is -2.37. The number of aromatic nitrogens is 3. The lowest BCUT2D eigenvalue weighted by atomic mass is 10.2. The maximum atomic E-state index is 5.84. The molecular weight excluding hydrogens is 264 g/mol. The first-order valence-corrected chi connectivity index (χ1v) is 7.12. The van der Waals surface area contributed by atoms with Crippen LogP contribution in [-0.4, -0.2) is 35.1 Å². The number of para-hydroxylation sites is 1. The fourth-order valence-corrected chi connectivity index (χ4v) is 2.21. The van der Waals surface area contributed by atoms with Gasteiger partial charge in [-0.05, 0) is 32.4 Å². The maximum Gasteiger partial charge on any atom is 0.236 e. The van der Waals surface area contributed by atoms with E-state index in [4.69, 9.17) is 5.73 Å². The quantitative estimate of drug-likeness (QED) is 0.910. The van der Waals surface area contributed by atoms with Crippen molar-refractivity contribution in [3.8, 4) is 0 Å². The third kappa shape index (κ3) is 3.21. The van der Waals surface area contributed by atoms with Gasteiger partial charge in [-0.2, -0.15) is 15.0 Å². The zero-order valence-electron chi connectivity index (χ0n) is 13.0. The van der Waals surface area contributed by atoms with Crippen LogP contribution < -0.4 is 15.5 Å². The molecule has 0 saturated heterocycles. The van der Waals surface area contributed by atoms with Gasteiger partial charge in [-0.25, -0.2) is 0 Å². The summed E-state index contributed by atoms with van der Waals surface area (Å²) >= 11 is 0. The van der Waals surface area contributed by atoms with Crippen molar-refractivity contribution in [1.82, 2.24) is 15.0 Å². The van der Waals surface area contributed by atoms with Crippen molar-refractivity contribution in [1.29, 1.82) is 0 Å². The normalized spacial score (nSPS) is 10.5. The molecule has 0 bridgehead atoms. The minimum Gasteiger partial charge on any atom is -0.368 e. The minimum absolute atomic E-state index is 0.238. The Labute approximate surface area is 125 Å². The Morgan fingerprint density at radius 3 is 2.24 bits per heavy atom. The van der Waals surface area contributed by atoms with Crippen LogP contribution in [0.3, 0.4) is 0 Å². The lowest BCUT2D eigenvalue weighted by molar-refractivity contribution is 0.811. The monoisotopic (exact) mass is 286 g/mol. The van der Waals surface area contributed by atoms with Crippen molar-refractivity contribution in [3.63, 3.8) is 0 Å². The molecule has 1 aromatic heterocycles. The van der Waals surface area contributed by atoms with E-state index in [0.717, 1.165) is 24.3 Å². The lowest BCUT2D eigenvalue weighted by Crippen LogP contribution is -2.26. The van der Waals surface area contributed by atoms with Gasteiger partial charge >= 0.3 is 0 Å². The molecule has 112 valence electrons. The largest absolute Gasteiger partial charge is 0.368 e. The molecule has 0 spiro atoms. The first-order valence-electron chi connectivity index (χ1n) is 7.12. The Kier molecular flexibility index (Phi) is 4.57. The van der Waals surface area contributed by atoms with Crippen LogP contribution in [0.2, 0.25) is 0 Å². The van der Waals surface area contributed by atoms with Crippen molar-refractivity contribution in [2.24, 2.45) is 0 Å². The standard InChI is InChI=1S/C15H22N6/c1-5-21(6-2)15-18-13(16)17-14(19-15)20(4)12-10-8-7-9-11(12)3/h7-10H,5-6H2,1-4H3,(H2,16,17,18,19). The van der Waals surface area contributed by atoms with E-state index in [9.17, 15) is 0 Å². The summed E-state index contributed by atoms with van der Waals surface area (Å²) in [6.45, 7) is 7.84. The van der Waals surface area contributed by atoms with Gasteiger partial charge in [0.25, 0.3) is 0 Å². The minimum atomic E-state index is 0.238. The topological polar surface area (TPSA) is 71.2 Å². The number of benzene rings is 1. The van der Waals surface area contributed by atoms with Gasteiger partial charge in [-0.15, -0.1) is 0 Å². The molecule has 0 atom stereocenters. The van der Waals surface area contributed by atoms with Gasteiger partial charge in [0.1, 0.15) is 0 Å². The average molecular weight is 286 g/mol. The van der Waals surface area contributed by atoms with E-state index in [0.29, 0.717) is 11.9 Å². The first kappa shape index (κ1) is 15.0. The maximum absolute atomic E-state index is 5.84. The molecule has 0 amide bonds. The highest BCUT2D eigenvalue weighted by Gasteiger charge is 2.14. The molecule has 1 heterocycles. The van der Waals surface area contributed by atoms with Gasteiger partial charge in [0.05, 0.1) is 0 Å². The molecule has 6 heteroatoms. The molecule has 0 aliphatic rings. The van der Waals surface area contributed by atoms with Crippen LogP contribution in [0.5, 0.6) is 0 Å². The van der Waals surface area contributed by atoms with Crippen molar-refractivity contribution < 1.29 is 0 Å². The Bertz CT molecular complexity index is 609. The van der Waals surface area contributed by atoms with E-state index in [2.05, 4.69) is 41.8 Å². The Morgan fingerprint density at radius 1 is 1.00 bits per heavy atom. The van der Waals surface area contributed by atoms with Crippen molar-refractivity contribution in [3.05, 3.63) is 29.8 Å². The molecular formula is C15H22N6. The molecule has 0 radical (unpaired) electrons. The SMILES string of the molecule is CCN(CC)c1nc(N)nc(N(C)c2ccccc2C)n1. The second-order valence-electron chi connectivity index (χ2n) is 4.81. The highest BCUT2D eigenvalue weighted by molar-refractivity contribution is 5.61. The summed E-state index contributed by atoms with van der Waals surface area (Å²) in [7, 11) is 1.93. The number of nitrogens with zero attached hydrogens (tertiary/aromatic N) is 5. The van der Waals surface area contributed by atoms with Gasteiger partial charge in [-0.3, -0.25) is 0 Å². The summed E-state index contributed by atoms with van der Waals surface area (Å²) in [6.07, 6.45) is 0. The van der Waals surface area contributed by atoms with E-state index in [1.807, 2.05) is 35.0 Å². The summed E-state index contributed by atoms with van der Waals surface area (Å²) in [5, 5.41) is 0. The Balaban J connectivity index is 2.42. The predicted molar refractivity (Wildman–Crippen MR) is 87.0 cm³/mol. The molecule has 2 aromatic rings. The molecule has 0 unspecified atom stereocenters. The van der Waals surface area contributed by atoms with Crippen LogP contribution in [-0.2, 0) is 0 Å². The summed E-state index contributed by atoms with van der Waals surface area (Å²) in [4.78, 5) is 17.0. The van der Waals surface area contributed by atoms with E-state index in [1.165, 1.54) is 0 Å². The molecule has 0 saturated carbocycles. The van der Waals surface area contributed by atoms with Crippen LogP contribution in [0.1, 0.15) is 19.4 Å². The molecule has 1 aromatic carbocycles. The molecule has 21 heavy (non-hydrogen) atoms. The highest BCUT2D eigenvalue weighted by atomic mass is 15.3. The Morgan fingerprint density at radius 2 is 1.62 bits per heavy atom. The van der Waals surface area contributed by atoms with Gasteiger partial charge in [0.2, 0.25) is 17.8 Å². The third-order valence-corrected chi connectivity index (χ3v) is 3.45. The second kappa shape index (κ2) is 6.39. The zero-order valence-corrected chi connectivity index (χ0v) is 13.0. The third-order valence-electron chi connectivity index (χ3n) is 3.45. The predicted octanol–water partition coefficient (Wildman–Crippen LogP) is 2.38. The number of nitrogen functional groups attached to an aromatic ring is 1. The molecule has 2 rings (SSSR count). The summed E-state index contributed by atoms with van der Waals surface area (Å²) in [5.74, 6) is 1.41. The van der Waals surface area contributed by atoms with Gasteiger partial charge in [-0.1, -0.05) is 18.2 Å². The number of anilines is 4. The fourth-order valence-electron chi connectivity index (χ4n) is 2.21. The van der Waals surface area contributed by atoms with E-state index in [1.54, 1.807) is 0 Å². The van der Waals surface area contributed by atoms with Gasteiger partial charge in [0.15, 0.2) is 0 Å². The molecule has 0 aliphatic heterocycles. The lowest BCUT2D eigenvalue weighted by Gasteiger charge is -2.23. The number of hydrogen-bond acceptors (Lipinski definition) is 6. The van der Waals surface area contributed by atoms with Crippen LogP contribution in [0, 0.1) is 6.92 Å². The van der Waals surface area contributed by atoms with Gasteiger partial charge in [0, 0.05) is 25.8 Å². The average Bonchev–Trinajstić information content (AvgIpc) is 2.48. The van der Waals surface area contributed by atoms with Crippen LogP contribution in [0.25, 0.3) is 0 Å². The summed E-state index contributed by atoms with van der Waals surface area (Å²) in [6, 6.07) is 8.10. The zero-order chi connectivity index (χ0) is 15.4. The van der Waals surface area contributed by atoms with Crippen LogP contribution >= 0.6 is 0 Å². The molecule has 2 N–H and O–H groups in total. The number of hydrogen-bond donors (Lipinski definition) is 1. The number of nitrogens with two attached hydrogens (primary N) is 1. The van der Waals surface area contributed by atoms with Crippen molar-refractivity contribution >= 4 is 23.5 Å². The summed E-state index contributed by atoms with van der Waals surface area (Å²) in [5.41, 5.74) is 8.05. The van der Waals surface area contributed by atoms with E-state index < -0.39 is 0 Å². The first-order chi connectivity index (χ1) is 10.1. The second-order valence-corrected chi connectivity index (χ2v) is 4.81. The van der Waals surface area contributed by atoms with Gasteiger partial charge < -0.3 is 15.5 Å². The van der Waals surface area contributed by atoms with E-state index >= 15 is 0 Å². The van der Waals surface area contributed by atoms with Crippen molar-refractivity contribution in [2.75, 3.05) is 35.7 Å². The van der Waals surface area contributed by atoms with Crippen LogP contribution in [0.15, 0.2) is 24.3 Å². The molecule has 0 fully saturated rings.